The number of halogens is 3. The molecule has 2 saturated heterocycles. The fraction of sp³-hybridized carbons (Fsp3) is 0.414. The normalized spacial score (nSPS) is 16.4. The Morgan fingerprint density at radius 3 is 2.56 bits per heavy atom. The lowest BCUT2D eigenvalue weighted by Gasteiger charge is -2.36. The largest absolute Gasteiger partial charge is 0.434 e. The minimum Gasteiger partial charge on any atom is -0.434 e. The number of nitrogens with one attached hydrogen (secondary N) is 1. The van der Waals surface area contributed by atoms with Crippen LogP contribution in [0.5, 0.6) is 5.75 Å². The van der Waals surface area contributed by atoms with Crippen LogP contribution in [0.2, 0.25) is 5.02 Å². The average Bonchev–Trinajstić information content (AvgIpc) is 3.65. The van der Waals surface area contributed by atoms with E-state index >= 15 is 0 Å². The number of anilines is 1. The van der Waals surface area contributed by atoms with E-state index in [2.05, 4.69) is 30.3 Å². The Kier molecular flexibility index (Phi) is 9.49. The van der Waals surface area contributed by atoms with Gasteiger partial charge < -0.3 is 19.7 Å². The van der Waals surface area contributed by atoms with Crippen LogP contribution in [-0.2, 0) is 16.1 Å². The van der Waals surface area contributed by atoms with Crippen LogP contribution in [-0.4, -0.2) is 123 Å². The summed E-state index contributed by atoms with van der Waals surface area (Å²) in [6.07, 6.45) is 4.37. The molecule has 0 aliphatic carbocycles. The van der Waals surface area contributed by atoms with Crippen molar-refractivity contribution < 1.29 is 27.8 Å². The van der Waals surface area contributed by atoms with Crippen molar-refractivity contribution in [1.29, 1.82) is 0 Å². The number of amides is 2. The Labute approximate surface area is 262 Å². The highest BCUT2D eigenvalue weighted by atomic mass is 35.5. The second kappa shape index (κ2) is 13.9. The standard InChI is InChI=1S/C29H32ClF2N9O4/c30-20-3-4-24(45-29(31)32)21(16-20)27-22(35-28(43)23-17-33-25-2-1-5-34-41(23)25)18-40(36-27)19-26(42)39-10-8-37(9-11-39)6-7-38-12-14-44-15-13-38/h1-5,16-18,29H,6-15,19H2,(H,35,43). The number of benzene rings is 1. The molecular weight excluding hydrogens is 612 g/mol. The summed E-state index contributed by atoms with van der Waals surface area (Å²) < 4.78 is 39.5. The molecule has 4 aromatic rings. The van der Waals surface area contributed by atoms with Crippen molar-refractivity contribution in [1.82, 2.24) is 39.1 Å². The maximum atomic E-state index is 13.4. The first kappa shape index (κ1) is 30.8. The molecule has 0 bridgehead atoms. The number of morpholine rings is 1. The van der Waals surface area contributed by atoms with Gasteiger partial charge in [-0.2, -0.15) is 19.0 Å². The predicted octanol–water partition coefficient (Wildman–Crippen LogP) is 2.58. The van der Waals surface area contributed by atoms with Crippen LogP contribution >= 0.6 is 11.6 Å². The number of aromatic nitrogens is 5. The summed E-state index contributed by atoms with van der Waals surface area (Å²) in [6, 6.07) is 7.51. The molecule has 6 rings (SSSR count). The summed E-state index contributed by atoms with van der Waals surface area (Å²) in [5.74, 6) is -0.915. The molecule has 2 amide bonds. The molecule has 3 aromatic heterocycles. The van der Waals surface area contributed by atoms with E-state index in [9.17, 15) is 18.4 Å². The molecular formula is C29H32ClF2N9O4. The first-order chi connectivity index (χ1) is 21.8. The zero-order valence-corrected chi connectivity index (χ0v) is 25.1. The number of fused-ring (bicyclic) bond motifs is 1. The fourth-order valence-corrected chi connectivity index (χ4v) is 5.59. The summed E-state index contributed by atoms with van der Waals surface area (Å²) in [5.41, 5.74) is 0.987. The Bertz CT molecular complexity index is 1650. The van der Waals surface area contributed by atoms with Crippen LogP contribution in [0.15, 0.2) is 48.9 Å². The summed E-state index contributed by atoms with van der Waals surface area (Å²) in [7, 11) is 0. The van der Waals surface area contributed by atoms with Crippen molar-refractivity contribution in [2.24, 2.45) is 0 Å². The number of hydrogen-bond donors (Lipinski definition) is 1. The molecule has 1 aromatic carbocycles. The molecule has 0 unspecified atom stereocenters. The smallest absolute Gasteiger partial charge is 0.387 e. The molecule has 0 spiro atoms. The average molecular weight is 644 g/mol. The number of imidazole rings is 1. The van der Waals surface area contributed by atoms with Gasteiger partial charge in [0.2, 0.25) is 5.91 Å². The second-order valence-corrected chi connectivity index (χ2v) is 11.1. The molecule has 238 valence electrons. The maximum Gasteiger partial charge on any atom is 0.387 e. The summed E-state index contributed by atoms with van der Waals surface area (Å²) in [5, 5.41) is 11.7. The summed E-state index contributed by atoms with van der Waals surface area (Å²) in [6.45, 7) is 4.72. The van der Waals surface area contributed by atoms with Crippen LogP contribution in [0.3, 0.4) is 0 Å². The number of rotatable bonds is 10. The van der Waals surface area contributed by atoms with E-state index in [4.69, 9.17) is 21.1 Å². The summed E-state index contributed by atoms with van der Waals surface area (Å²) in [4.78, 5) is 37.4. The number of carbonyl (C=O) groups is 2. The Hall–Kier alpha value is -4.18. The highest BCUT2D eigenvalue weighted by Crippen LogP contribution is 2.37. The summed E-state index contributed by atoms with van der Waals surface area (Å²) >= 11 is 6.22. The van der Waals surface area contributed by atoms with Crippen molar-refractivity contribution in [2.45, 2.75) is 13.2 Å². The molecule has 1 N–H and O–H groups in total. The van der Waals surface area contributed by atoms with E-state index in [0.717, 1.165) is 52.5 Å². The molecule has 5 heterocycles. The minimum absolute atomic E-state index is 0.101. The molecule has 0 saturated carbocycles. The van der Waals surface area contributed by atoms with Crippen molar-refractivity contribution >= 4 is 34.7 Å². The molecule has 0 atom stereocenters. The van der Waals surface area contributed by atoms with Gasteiger partial charge >= 0.3 is 6.61 Å². The first-order valence-electron chi connectivity index (χ1n) is 14.6. The Morgan fingerprint density at radius 2 is 1.80 bits per heavy atom. The maximum absolute atomic E-state index is 13.4. The van der Waals surface area contributed by atoms with Gasteiger partial charge in [-0.1, -0.05) is 11.6 Å². The minimum atomic E-state index is -3.11. The van der Waals surface area contributed by atoms with E-state index in [1.54, 1.807) is 17.0 Å². The van der Waals surface area contributed by atoms with Crippen LogP contribution in [0.4, 0.5) is 14.5 Å². The van der Waals surface area contributed by atoms with Gasteiger partial charge in [0.1, 0.15) is 18.0 Å². The topological polar surface area (TPSA) is 122 Å². The van der Waals surface area contributed by atoms with Gasteiger partial charge in [0.05, 0.1) is 25.1 Å². The predicted molar refractivity (Wildman–Crippen MR) is 161 cm³/mol. The molecule has 2 aliphatic rings. The molecule has 13 nitrogen and oxygen atoms in total. The van der Waals surface area contributed by atoms with E-state index in [1.807, 2.05) is 0 Å². The van der Waals surface area contributed by atoms with Gasteiger partial charge in [-0.25, -0.2) is 9.50 Å². The SMILES string of the molecule is O=C(Nc1cn(CC(=O)N2CCN(CCN3CCOCC3)CC2)nc1-c1cc(Cl)ccc1OC(F)F)c1cnc2cccnn12. The molecule has 16 heteroatoms. The third-order valence-corrected chi connectivity index (χ3v) is 8.03. The van der Waals surface area contributed by atoms with Gasteiger partial charge in [0.25, 0.3) is 5.91 Å². The number of ether oxygens (including phenoxy) is 2. The number of piperazine rings is 1. The van der Waals surface area contributed by atoms with Crippen molar-refractivity contribution in [3.63, 3.8) is 0 Å². The van der Waals surface area contributed by atoms with Gasteiger partial charge in [0.15, 0.2) is 11.3 Å². The molecule has 0 radical (unpaired) electrons. The monoisotopic (exact) mass is 643 g/mol. The van der Waals surface area contributed by atoms with E-state index in [-0.39, 0.29) is 45.9 Å². The number of carbonyl (C=O) groups excluding carboxylic acids is 2. The second-order valence-electron chi connectivity index (χ2n) is 10.7. The number of nitrogens with zero attached hydrogens (tertiary/aromatic N) is 8. The lowest BCUT2D eigenvalue weighted by molar-refractivity contribution is -0.133. The van der Waals surface area contributed by atoms with Crippen LogP contribution in [0.1, 0.15) is 10.5 Å². The molecule has 2 aliphatic heterocycles. The molecule has 2 fully saturated rings. The van der Waals surface area contributed by atoms with Gasteiger partial charge in [-0.15, -0.1) is 0 Å². The Balaban J connectivity index is 1.19. The fourth-order valence-electron chi connectivity index (χ4n) is 5.42. The zero-order chi connectivity index (χ0) is 31.3. The van der Waals surface area contributed by atoms with Crippen molar-refractivity contribution in [3.8, 4) is 17.0 Å². The first-order valence-corrected chi connectivity index (χ1v) is 14.9. The lowest BCUT2D eigenvalue weighted by Crippen LogP contribution is -2.51. The lowest BCUT2D eigenvalue weighted by atomic mass is 10.1. The highest BCUT2D eigenvalue weighted by Gasteiger charge is 2.25. The van der Waals surface area contributed by atoms with Gasteiger partial charge in [0, 0.05) is 75.3 Å². The van der Waals surface area contributed by atoms with E-state index in [0.29, 0.717) is 18.7 Å². The van der Waals surface area contributed by atoms with Crippen LogP contribution in [0, 0.1) is 0 Å². The number of alkyl halides is 2. The third kappa shape index (κ3) is 7.39. The van der Waals surface area contributed by atoms with E-state index < -0.39 is 12.5 Å². The third-order valence-electron chi connectivity index (χ3n) is 7.79. The Morgan fingerprint density at radius 1 is 1.04 bits per heavy atom. The van der Waals surface area contributed by atoms with E-state index in [1.165, 1.54) is 46.0 Å². The quantitative estimate of drug-likeness (QED) is 0.278. The van der Waals surface area contributed by atoms with Gasteiger partial charge in [-0.05, 0) is 30.3 Å². The van der Waals surface area contributed by atoms with Gasteiger partial charge in [-0.3, -0.25) is 24.1 Å². The van der Waals surface area contributed by atoms with Crippen LogP contribution < -0.4 is 10.1 Å². The highest BCUT2D eigenvalue weighted by molar-refractivity contribution is 6.31. The van der Waals surface area contributed by atoms with Crippen LogP contribution in [0.25, 0.3) is 16.9 Å². The van der Waals surface area contributed by atoms with Crippen molar-refractivity contribution in [2.75, 3.05) is 70.9 Å². The van der Waals surface area contributed by atoms with Crippen molar-refractivity contribution in [3.05, 3.63) is 59.6 Å². The molecule has 45 heavy (non-hydrogen) atoms. The zero-order valence-electron chi connectivity index (χ0n) is 24.3. The number of hydrogen-bond acceptors (Lipinski definition) is 9.